The molecular weight excluding hydrogens is 560 g/mol. The van der Waals surface area contributed by atoms with E-state index in [2.05, 4.69) is 0 Å². The van der Waals surface area contributed by atoms with Gasteiger partial charge in [-0.2, -0.15) is 0 Å². The number of thiazole rings is 1. The number of carbonyl (C=O) groups excluding carboxylic acids is 1. The van der Waals surface area contributed by atoms with Gasteiger partial charge in [0.25, 0.3) is 5.56 Å². The van der Waals surface area contributed by atoms with Crippen LogP contribution in [0.15, 0.2) is 76.0 Å². The van der Waals surface area contributed by atoms with Crippen LogP contribution in [0.5, 0.6) is 28.7 Å². The van der Waals surface area contributed by atoms with Crippen LogP contribution >= 0.6 is 11.3 Å². The Morgan fingerprint density at radius 3 is 2.48 bits per heavy atom. The fraction of sp³-hybridized carbons (Fsp3) is 0.194. The van der Waals surface area contributed by atoms with Crippen molar-refractivity contribution in [2.24, 2.45) is 4.99 Å². The molecule has 0 saturated carbocycles. The SMILES string of the molecule is CCOC(=O)C1=C(c2ccccc2)N=c2s/c(=C\c3cc(OC)c(O)c(OC)c3)c(=O)n2C1c1ccc2c(c1)OCO2. The standard InChI is InChI=1S/C31H26N2O8S/c1-4-39-30(36)25-26(18-8-6-5-7-9-18)32-31-33(27(25)19-10-11-20-21(15-19)41-16-40-20)29(35)24(42-31)14-17-12-22(37-2)28(34)23(13-17)38-3/h5-15,27,34H,4,16H2,1-3H3/b24-14-. The second kappa shape index (κ2) is 11.1. The molecule has 3 aromatic carbocycles. The monoisotopic (exact) mass is 586 g/mol. The van der Waals surface area contributed by atoms with Crippen LogP contribution in [0.25, 0.3) is 11.8 Å². The van der Waals surface area contributed by atoms with Crippen molar-refractivity contribution in [1.82, 2.24) is 4.57 Å². The van der Waals surface area contributed by atoms with Crippen LogP contribution in [0, 0.1) is 0 Å². The van der Waals surface area contributed by atoms with Gasteiger partial charge < -0.3 is 28.8 Å². The quantitative estimate of drug-likeness (QED) is 0.328. The van der Waals surface area contributed by atoms with Crippen LogP contribution in [-0.2, 0) is 9.53 Å². The molecule has 1 N–H and O–H groups in total. The molecule has 1 unspecified atom stereocenters. The van der Waals surface area contributed by atoms with Crippen LogP contribution in [0.3, 0.4) is 0 Å². The zero-order chi connectivity index (χ0) is 29.4. The van der Waals surface area contributed by atoms with E-state index in [0.29, 0.717) is 43.2 Å². The molecule has 42 heavy (non-hydrogen) atoms. The maximum Gasteiger partial charge on any atom is 0.338 e. The highest BCUT2D eigenvalue weighted by Crippen LogP contribution is 2.40. The lowest BCUT2D eigenvalue weighted by molar-refractivity contribution is -0.138. The normalized spacial score (nSPS) is 15.7. The molecular formula is C31H26N2O8S. The molecule has 4 aromatic rings. The second-order valence-corrected chi connectivity index (χ2v) is 10.3. The summed E-state index contributed by atoms with van der Waals surface area (Å²) in [7, 11) is 2.86. The number of hydrogen-bond acceptors (Lipinski definition) is 10. The summed E-state index contributed by atoms with van der Waals surface area (Å²) in [6.45, 7) is 1.95. The summed E-state index contributed by atoms with van der Waals surface area (Å²) in [5.41, 5.74) is 2.19. The summed E-state index contributed by atoms with van der Waals surface area (Å²) in [6, 6.07) is 17.0. The van der Waals surface area contributed by atoms with Crippen molar-refractivity contribution < 1.29 is 33.6 Å². The zero-order valence-corrected chi connectivity index (χ0v) is 23.8. The molecule has 11 heteroatoms. The molecule has 1 aromatic heterocycles. The smallest absolute Gasteiger partial charge is 0.338 e. The van der Waals surface area contributed by atoms with Gasteiger partial charge >= 0.3 is 5.97 Å². The fourth-order valence-electron chi connectivity index (χ4n) is 4.99. The third-order valence-corrected chi connectivity index (χ3v) is 7.87. The summed E-state index contributed by atoms with van der Waals surface area (Å²) >= 11 is 1.18. The lowest BCUT2D eigenvalue weighted by atomic mass is 9.93. The highest BCUT2D eigenvalue weighted by atomic mass is 32.1. The van der Waals surface area contributed by atoms with Gasteiger partial charge in [-0.1, -0.05) is 47.7 Å². The Morgan fingerprint density at radius 1 is 1.07 bits per heavy atom. The Labute approximate surface area is 244 Å². The van der Waals surface area contributed by atoms with Crippen molar-refractivity contribution in [2.45, 2.75) is 13.0 Å². The Balaban J connectivity index is 1.63. The number of phenols is 1. The minimum Gasteiger partial charge on any atom is -0.502 e. The number of esters is 1. The highest BCUT2D eigenvalue weighted by Gasteiger charge is 2.36. The molecule has 0 radical (unpaired) electrons. The number of aromatic nitrogens is 1. The molecule has 0 amide bonds. The van der Waals surface area contributed by atoms with Gasteiger partial charge in [0.05, 0.1) is 42.7 Å². The first kappa shape index (κ1) is 27.2. The molecule has 0 saturated heterocycles. The van der Waals surface area contributed by atoms with E-state index < -0.39 is 12.0 Å². The number of hydrogen-bond donors (Lipinski definition) is 1. The summed E-state index contributed by atoms with van der Waals surface area (Å²) in [5.74, 6) is 0.758. The molecule has 6 rings (SSSR count). The zero-order valence-electron chi connectivity index (χ0n) is 23.0. The van der Waals surface area contributed by atoms with E-state index in [4.69, 9.17) is 28.7 Å². The Bertz CT molecular complexity index is 1880. The Morgan fingerprint density at radius 2 is 1.79 bits per heavy atom. The summed E-state index contributed by atoms with van der Waals surface area (Å²) in [4.78, 5) is 33.0. The first-order valence-corrected chi connectivity index (χ1v) is 13.9. The predicted molar refractivity (Wildman–Crippen MR) is 155 cm³/mol. The van der Waals surface area contributed by atoms with Gasteiger partial charge in [-0.15, -0.1) is 0 Å². The number of carbonyl (C=O) groups is 1. The second-order valence-electron chi connectivity index (χ2n) is 9.32. The number of nitrogens with zero attached hydrogens (tertiary/aromatic N) is 2. The summed E-state index contributed by atoms with van der Waals surface area (Å²) < 4.78 is 29.1. The van der Waals surface area contributed by atoms with Crippen molar-refractivity contribution >= 4 is 29.1 Å². The van der Waals surface area contributed by atoms with E-state index in [1.54, 1.807) is 43.3 Å². The van der Waals surface area contributed by atoms with Crippen molar-refractivity contribution in [3.05, 3.63) is 103 Å². The van der Waals surface area contributed by atoms with Gasteiger partial charge in [-0.3, -0.25) is 9.36 Å². The van der Waals surface area contributed by atoms with Gasteiger partial charge in [0.15, 0.2) is 27.8 Å². The minimum absolute atomic E-state index is 0.0803. The van der Waals surface area contributed by atoms with E-state index >= 15 is 0 Å². The van der Waals surface area contributed by atoms with Crippen molar-refractivity contribution in [2.75, 3.05) is 27.6 Å². The van der Waals surface area contributed by atoms with Crippen LogP contribution in [0.4, 0.5) is 0 Å². The van der Waals surface area contributed by atoms with E-state index in [9.17, 15) is 14.7 Å². The van der Waals surface area contributed by atoms with Crippen LogP contribution in [0.1, 0.15) is 29.7 Å². The summed E-state index contributed by atoms with van der Waals surface area (Å²) in [6.07, 6.45) is 1.67. The average molecular weight is 587 g/mol. The molecule has 10 nitrogen and oxygen atoms in total. The fourth-order valence-corrected chi connectivity index (χ4v) is 5.99. The third-order valence-electron chi connectivity index (χ3n) is 6.89. The molecule has 214 valence electrons. The first-order chi connectivity index (χ1) is 20.4. The van der Waals surface area contributed by atoms with E-state index in [1.807, 2.05) is 30.3 Å². The topological polar surface area (TPSA) is 118 Å². The van der Waals surface area contributed by atoms with Gasteiger partial charge in [0.1, 0.15) is 0 Å². The number of fused-ring (bicyclic) bond motifs is 2. The Hall–Kier alpha value is -5.03. The number of benzene rings is 3. The molecule has 0 fully saturated rings. The van der Waals surface area contributed by atoms with Crippen molar-refractivity contribution in [1.29, 1.82) is 0 Å². The third kappa shape index (κ3) is 4.67. The van der Waals surface area contributed by atoms with E-state index in [1.165, 1.54) is 30.1 Å². The number of methoxy groups -OCH3 is 2. The molecule has 2 aliphatic rings. The molecule has 3 heterocycles. The van der Waals surface area contributed by atoms with Crippen molar-refractivity contribution in [3.8, 4) is 28.7 Å². The van der Waals surface area contributed by atoms with Gasteiger partial charge in [0, 0.05) is 5.56 Å². The average Bonchev–Trinajstić information content (AvgIpc) is 3.61. The van der Waals surface area contributed by atoms with Crippen LogP contribution < -0.4 is 33.8 Å². The number of ether oxygens (including phenoxy) is 5. The number of aromatic hydroxyl groups is 1. The van der Waals surface area contributed by atoms with Crippen LogP contribution in [0.2, 0.25) is 0 Å². The molecule has 2 aliphatic heterocycles. The Kier molecular flexibility index (Phi) is 7.17. The van der Waals surface area contributed by atoms with Crippen LogP contribution in [-0.4, -0.2) is 43.3 Å². The molecule has 0 spiro atoms. The highest BCUT2D eigenvalue weighted by molar-refractivity contribution is 7.07. The lowest BCUT2D eigenvalue weighted by Gasteiger charge is -2.26. The number of rotatable bonds is 7. The minimum atomic E-state index is -0.865. The van der Waals surface area contributed by atoms with Gasteiger partial charge in [0.2, 0.25) is 12.5 Å². The maximum absolute atomic E-state index is 14.1. The maximum atomic E-state index is 14.1. The number of phenolic OH excluding ortho intramolecular Hbond substituents is 1. The molecule has 1 atom stereocenters. The molecule has 0 bridgehead atoms. The summed E-state index contributed by atoms with van der Waals surface area (Å²) in [5, 5.41) is 10.3. The molecule has 0 aliphatic carbocycles. The lowest BCUT2D eigenvalue weighted by Crippen LogP contribution is -2.40. The largest absolute Gasteiger partial charge is 0.502 e. The van der Waals surface area contributed by atoms with Gasteiger partial charge in [-0.25, -0.2) is 9.79 Å². The predicted octanol–water partition coefficient (Wildman–Crippen LogP) is 3.39. The first-order valence-electron chi connectivity index (χ1n) is 13.1. The van der Waals surface area contributed by atoms with E-state index in [0.717, 1.165) is 0 Å². The van der Waals surface area contributed by atoms with Gasteiger partial charge in [-0.05, 0) is 48.4 Å². The van der Waals surface area contributed by atoms with E-state index in [-0.39, 0.29) is 41.8 Å². The van der Waals surface area contributed by atoms with Crippen molar-refractivity contribution in [3.63, 3.8) is 0 Å².